The van der Waals surface area contributed by atoms with Crippen molar-refractivity contribution in [2.45, 2.75) is 44.9 Å². The highest BCUT2D eigenvalue weighted by Crippen LogP contribution is 2.61. The normalized spacial score (nSPS) is 48.7. The summed E-state index contributed by atoms with van der Waals surface area (Å²) in [7, 11) is 0. The third-order valence-electron chi connectivity index (χ3n) is 4.53. The molecule has 0 aliphatic heterocycles. The molecule has 0 aromatic carbocycles. The van der Waals surface area contributed by atoms with Crippen molar-refractivity contribution in [1.82, 2.24) is 0 Å². The van der Waals surface area contributed by atoms with E-state index in [1.54, 1.807) is 0 Å². The van der Waals surface area contributed by atoms with Gasteiger partial charge in [0, 0.05) is 6.61 Å². The van der Waals surface area contributed by atoms with Crippen LogP contribution in [0.15, 0.2) is 0 Å². The summed E-state index contributed by atoms with van der Waals surface area (Å²) in [6.07, 6.45) is 9.65. The Bertz CT molecular complexity index is 174. The lowest BCUT2D eigenvalue weighted by molar-refractivity contribution is -0.00998. The molecule has 13 heavy (non-hydrogen) atoms. The molecule has 1 heteroatoms. The van der Waals surface area contributed by atoms with Gasteiger partial charge in [0.2, 0.25) is 0 Å². The Morgan fingerprint density at radius 2 is 1.92 bits per heavy atom. The van der Waals surface area contributed by atoms with E-state index in [9.17, 15) is 0 Å². The van der Waals surface area contributed by atoms with Crippen LogP contribution in [0.5, 0.6) is 0 Å². The lowest BCUT2D eigenvalue weighted by Gasteiger charge is -2.56. The Kier molecular flexibility index (Phi) is 1.74. The molecule has 2 unspecified atom stereocenters. The molecular weight excluding hydrogens is 160 g/mol. The Labute approximate surface area is 80.5 Å². The van der Waals surface area contributed by atoms with Gasteiger partial charge in [-0.3, -0.25) is 0 Å². The van der Waals surface area contributed by atoms with Crippen LogP contribution in [0.25, 0.3) is 0 Å². The molecule has 4 aliphatic carbocycles. The molecule has 4 rings (SSSR count). The molecule has 2 atom stereocenters. The topological polar surface area (TPSA) is 20.2 Å². The van der Waals surface area contributed by atoms with E-state index in [0.29, 0.717) is 12.0 Å². The van der Waals surface area contributed by atoms with Gasteiger partial charge in [-0.1, -0.05) is 0 Å². The first-order valence-corrected chi connectivity index (χ1v) is 5.74. The third-order valence-corrected chi connectivity index (χ3v) is 4.53. The fourth-order valence-corrected chi connectivity index (χ4v) is 4.51. The summed E-state index contributed by atoms with van der Waals surface area (Å²) in [6, 6.07) is 0. The van der Waals surface area contributed by atoms with Crippen LogP contribution < -0.4 is 0 Å². The lowest BCUT2D eigenvalue weighted by Crippen LogP contribution is -2.45. The zero-order valence-electron chi connectivity index (χ0n) is 8.26. The Hall–Kier alpha value is -0.0400. The van der Waals surface area contributed by atoms with Crippen molar-refractivity contribution in [3.63, 3.8) is 0 Å². The van der Waals surface area contributed by atoms with Gasteiger partial charge in [-0.2, -0.15) is 0 Å². The molecule has 0 spiro atoms. The van der Waals surface area contributed by atoms with Crippen molar-refractivity contribution < 1.29 is 5.11 Å². The van der Waals surface area contributed by atoms with Crippen LogP contribution in [0, 0.1) is 23.2 Å². The third kappa shape index (κ3) is 1.24. The summed E-state index contributed by atoms with van der Waals surface area (Å²) in [5, 5.41) is 9.12. The van der Waals surface area contributed by atoms with Gasteiger partial charge in [-0.15, -0.1) is 0 Å². The van der Waals surface area contributed by atoms with Crippen molar-refractivity contribution in [2.24, 2.45) is 17.3 Å². The van der Waals surface area contributed by atoms with Crippen LogP contribution in [0.2, 0.25) is 0 Å². The first-order chi connectivity index (χ1) is 6.30. The molecule has 4 aliphatic rings. The molecular formula is C12H19O. The highest BCUT2D eigenvalue weighted by Gasteiger charge is 2.50. The van der Waals surface area contributed by atoms with Crippen LogP contribution in [-0.2, 0) is 0 Å². The van der Waals surface area contributed by atoms with Crippen LogP contribution in [0.3, 0.4) is 0 Å². The molecule has 1 radical (unpaired) electrons. The van der Waals surface area contributed by atoms with E-state index in [1.165, 1.54) is 38.5 Å². The van der Waals surface area contributed by atoms with Gasteiger partial charge in [0.05, 0.1) is 0 Å². The predicted molar refractivity (Wildman–Crippen MR) is 52.1 cm³/mol. The van der Waals surface area contributed by atoms with Gasteiger partial charge >= 0.3 is 0 Å². The molecule has 73 valence electrons. The second-order valence-electron chi connectivity index (χ2n) is 5.68. The van der Waals surface area contributed by atoms with Crippen LogP contribution in [0.4, 0.5) is 0 Å². The highest BCUT2D eigenvalue weighted by atomic mass is 16.3. The number of aliphatic hydroxyl groups is 1. The lowest BCUT2D eigenvalue weighted by atomic mass is 9.49. The smallest absolute Gasteiger partial charge is 0.0436 e. The fourth-order valence-electron chi connectivity index (χ4n) is 4.51. The summed E-state index contributed by atoms with van der Waals surface area (Å²) in [5.41, 5.74) is 0.564. The standard InChI is InChI=1S/C12H19O/c13-2-1-12-6-9-3-10(7-12)5-11(4-9)8-12/h9-10,13H,1-8H2. The zero-order chi connectivity index (χ0) is 8.89. The van der Waals surface area contributed by atoms with E-state index in [4.69, 9.17) is 5.11 Å². The van der Waals surface area contributed by atoms with Gasteiger partial charge < -0.3 is 5.11 Å². The average Bonchev–Trinajstić information content (AvgIpc) is 2.00. The van der Waals surface area contributed by atoms with E-state index in [-0.39, 0.29) is 0 Å². The molecule has 0 heterocycles. The van der Waals surface area contributed by atoms with E-state index in [1.807, 2.05) is 5.92 Å². The van der Waals surface area contributed by atoms with Crippen LogP contribution >= 0.6 is 0 Å². The van der Waals surface area contributed by atoms with Crippen LogP contribution in [-0.4, -0.2) is 11.7 Å². The SMILES string of the molecule is OCCC12C[C]3CC(CC(C3)C1)C2. The van der Waals surface area contributed by atoms with Gasteiger partial charge in [0.25, 0.3) is 0 Å². The molecule has 4 saturated carbocycles. The largest absolute Gasteiger partial charge is 0.396 e. The maximum atomic E-state index is 9.12. The molecule has 0 amide bonds. The van der Waals surface area contributed by atoms with Crippen molar-refractivity contribution in [3.05, 3.63) is 5.92 Å². The minimum atomic E-state index is 0.409. The first-order valence-electron chi connectivity index (χ1n) is 5.74. The molecule has 1 nitrogen and oxygen atoms in total. The fraction of sp³-hybridized carbons (Fsp3) is 0.917. The van der Waals surface area contributed by atoms with Crippen molar-refractivity contribution >= 4 is 0 Å². The molecule has 1 N–H and O–H groups in total. The minimum absolute atomic E-state index is 0.409. The molecule has 4 fully saturated rings. The second kappa shape index (κ2) is 2.73. The van der Waals surface area contributed by atoms with E-state index in [2.05, 4.69) is 0 Å². The Morgan fingerprint density at radius 1 is 1.23 bits per heavy atom. The van der Waals surface area contributed by atoms with Gasteiger partial charge in [-0.25, -0.2) is 0 Å². The maximum absolute atomic E-state index is 9.12. The summed E-state index contributed by atoms with van der Waals surface area (Å²) >= 11 is 0. The average molecular weight is 179 g/mol. The first kappa shape index (κ1) is 8.28. The molecule has 4 bridgehead atoms. The molecule has 0 saturated heterocycles. The monoisotopic (exact) mass is 179 g/mol. The summed E-state index contributed by atoms with van der Waals surface area (Å²) in [5.74, 6) is 3.85. The number of hydrogen-bond donors (Lipinski definition) is 1. The predicted octanol–water partition coefficient (Wildman–Crippen LogP) is 2.54. The van der Waals surface area contributed by atoms with E-state index >= 15 is 0 Å². The second-order valence-corrected chi connectivity index (χ2v) is 5.68. The van der Waals surface area contributed by atoms with Gasteiger partial charge in [0.1, 0.15) is 0 Å². The van der Waals surface area contributed by atoms with Gasteiger partial charge in [-0.05, 0) is 68.1 Å². The number of aliphatic hydroxyl groups excluding tert-OH is 1. The number of hydrogen-bond acceptors (Lipinski definition) is 1. The number of rotatable bonds is 2. The van der Waals surface area contributed by atoms with E-state index < -0.39 is 0 Å². The van der Waals surface area contributed by atoms with Crippen molar-refractivity contribution in [1.29, 1.82) is 0 Å². The highest BCUT2D eigenvalue weighted by molar-refractivity contribution is 5.13. The summed E-state index contributed by atoms with van der Waals surface area (Å²) in [6.45, 7) is 0.409. The van der Waals surface area contributed by atoms with Gasteiger partial charge in [0.15, 0.2) is 0 Å². The summed E-state index contributed by atoms with van der Waals surface area (Å²) in [4.78, 5) is 0. The Balaban J connectivity index is 1.83. The van der Waals surface area contributed by atoms with Crippen molar-refractivity contribution in [2.75, 3.05) is 6.61 Å². The maximum Gasteiger partial charge on any atom is 0.0436 e. The van der Waals surface area contributed by atoms with Crippen LogP contribution in [0.1, 0.15) is 44.9 Å². The van der Waals surface area contributed by atoms with E-state index in [0.717, 1.165) is 18.3 Å². The minimum Gasteiger partial charge on any atom is -0.396 e. The summed E-state index contributed by atoms with van der Waals surface area (Å²) < 4.78 is 0. The quantitative estimate of drug-likeness (QED) is 0.690. The molecule has 0 aromatic heterocycles. The van der Waals surface area contributed by atoms with Crippen molar-refractivity contribution in [3.8, 4) is 0 Å². The molecule has 0 aromatic rings. The Morgan fingerprint density at radius 3 is 2.46 bits per heavy atom. The zero-order valence-corrected chi connectivity index (χ0v) is 8.26.